The number of hydrogen-bond acceptors (Lipinski definition) is 2. The van der Waals surface area contributed by atoms with E-state index in [0.29, 0.717) is 6.79 Å². The van der Waals surface area contributed by atoms with Crippen LogP contribution in [0.5, 0.6) is 11.5 Å². The molecule has 0 atom stereocenters. The lowest BCUT2D eigenvalue weighted by Gasteiger charge is -2.03. The zero-order valence-corrected chi connectivity index (χ0v) is 10.8. The molecule has 2 aromatic carbocycles. The lowest BCUT2D eigenvalue weighted by atomic mass is 10.1. The Kier molecular flexibility index (Phi) is 3.65. The molecule has 1 aliphatic heterocycles. The van der Waals surface area contributed by atoms with E-state index in [1.54, 1.807) is 0 Å². The van der Waals surface area contributed by atoms with E-state index in [1.807, 2.05) is 6.07 Å². The number of benzene rings is 2. The predicted octanol–water partition coefficient (Wildman–Crippen LogP) is 1.72. The van der Waals surface area contributed by atoms with Crippen molar-refractivity contribution in [2.24, 2.45) is 0 Å². The molecule has 19 heavy (non-hydrogen) atoms. The van der Waals surface area contributed by atoms with Gasteiger partial charge in [-0.1, -0.05) is 36.4 Å². The first-order valence-corrected chi connectivity index (χ1v) is 6.66. The molecular formula is C16H18NO2+. The monoisotopic (exact) mass is 256 g/mol. The van der Waals surface area contributed by atoms with Gasteiger partial charge in [0.2, 0.25) is 6.79 Å². The van der Waals surface area contributed by atoms with Crippen LogP contribution in [0.25, 0.3) is 0 Å². The normalized spacial score (nSPS) is 12.6. The molecule has 0 fully saturated rings. The summed E-state index contributed by atoms with van der Waals surface area (Å²) in [5, 5.41) is 2.33. The summed E-state index contributed by atoms with van der Waals surface area (Å²) in [6.07, 6.45) is 1.05. The van der Waals surface area contributed by atoms with Crippen molar-refractivity contribution in [3.05, 3.63) is 59.7 Å². The summed E-state index contributed by atoms with van der Waals surface area (Å²) >= 11 is 0. The Morgan fingerprint density at radius 2 is 1.74 bits per heavy atom. The van der Waals surface area contributed by atoms with Crippen LogP contribution >= 0.6 is 0 Å². The van der Waals surface area contributed by atoms with Crippen molar-refractivity contribution < 1.29 is 14.8 Å². The zero-order valence-electron chi connectivity index (χ0n) is 10.8. The minimum absolute atomic E-state index is 0.346. The van der Waals surface area contributed by atoms with Gasteiger partial charge in [-0.3, -0.25) is 0 Å². The third kappa shape index (κ3) is 3.06. The number of quaternary nitrogens is 1. The van der Waals surface area contributed by atoms with Crippen LogP contribution in [0.15, 0.2) is 48.5 Å². The van der Waals surface area contributed by atoms with Crippen LogP contribution in [-0.4, -0.2) is 13.3 Å². The van der Waals surface area contributed by atoms with Gasteiger partial charge < -0.3 is 14.8 Å². The van der Waals surface area contributed by atoms with Crippen LogP contribution in [-0.2, 0) is 13.0 Å². The number of nitrogens with two attached hydrogens (primary N) is 1. The van der Waals surface area contributed by atoms with E-state index in [4.69, 9.17) is 9.47 Å². The molecule has 2 aromatic rings. The van der Waals surface area contributed by atoms with Gasteiger partial charge in [0.1, 0.15) is 6.54 Å². The summed E-state index contributed by atoms with van der Waals surface area (Å²) in [6, 6.07) is 16.7. The largest absolute Gasteiger partial charge is 0.454 e. The fraction of sp³-hybridized carbons (Fsp3) is 0.250. The zero-order chi connectivity index (χ0) is 12.9. The van der Waals surface area contributed by atoms with Crippen LogP contribution in [0, 0.1) is 0 Å². The van der Waals surface area contributed by atoms with Crippen LogP contribution < -0.4 is 14.8 Å². The van der Waals surface area contributed by atoms with E-state index in [2.05, 4.69) is 47.8 Å². The van der Waals surface area contributed by atoms with Crippen molar-refractivity contribution in [3.63, 3.8) is 0 Å². The third-order valence-electron chi connectivity index (χ3n) is 3.30. The number of rotatable bonds is 5. The van der Waals surface area contributed by atoms with E-state index in [-0.39, 0.29) is 0 Å². The van der Waals surface area contributed by atoms with Gasteiger partial charge in [-0.15, -0.1) is 0 Å². The van der Waals surface area contributed by atoms with Crippen LogP contribution in [0.4, 0.5) is 0 Å². The van der Waals surface area contributed by atoms with Crippen molar-refractivity contribution in [1.29, 1.82) is 0 Å². The Bertz CT molecular complexity index is 540. The van der Waals surface area contributed by atoms with Gasteiger partial charge in [0.25, 0.3) is 0 Å². The molecule has 3 nitrogen and oxygen atoms in total. The van der Waals surface area contributed by atoms with Crippen molar-refractivity contribution in [1.82, 2.24) is 0 Å². The number of ether oxygens (including phenoxy) is 2. The molecule has 0 saturated heterocycles. The molecule has 0 spiro atoms. The Morgan fingerprint density at radius 1 is 0.895 bits per heavy atom. The molecule has 2 N–H and O–H groups in total. The topological polar surface area (TPSA) is 35.1 Å². The second-order valence-corrected chi connectivity index (χ2v) is 4.70. The summed E-state index contributed by atoms with van der Waals surface area (Å²) < 4.78 is 10.7. The molecule has 3 heteroatoms. The maximum absolute atomic E-state index is 5.38. The molecule has 3 rings (SSSR count). The molecule has 1 heterocycles. The Balaban J connectivity index is 1.48. The van der Waals surface area contributed by atoms with Gasteiger partial charge in [0, 0.05) is 12.0 Å². The Morgan fingerprint density at radius 3 is 2.63 bits per heavy atom. The SMILES string of the molecule is c1ccc(C[NH2+]CCc2ccc3c(c2)OCO3)cc1. The van der Waals surface area contributed by atoms with Gasteiger partial charge in [-0.25, -0.2) is 0 Å². The van der Waals surface area contributed by atoms with Crippen LogP contribution in [0.1, 0.15) is 11.1 Å². The first-order chi connectivity index (χ1) is 9.42. The second-order valence-electron chi connectivity index (χ2n) is 4.70. The maximum Gasteiger partial charge on any atom is 0.231 e. The summed E-state index contributed by atoms with van der Waals surface area (Å²) in [5.74, 6) is 1.73. The minimum atomic E-state index is 0.346. The molecule has 0 bridgehead atoms. The standard InChI is InChI=1S/C16H17NO2/c1-2-4-14(5-3-1)11-17-9-8-13-6-7-15-16(10-13)19-12-18-15/h1-7,10,17H,8-9,11-12H2/p+1. The van der Waals surface area contributed by atoms with Crippen molar-refractivity contribution in [2.45, 2.75) is 13.0 Å². The lowest BCUT2D eigenvalue weighted by Crippen LogP contribution is -2.83. The first kappa shape index (κ1) is 12.1. The summed E-state index contributed by atoms with van der Waals surface area (Å²) in [7, 11) is 0. The minimum Gasteiger partial charge on any atom is -0.454 e. The van der Waals surface area contributed by atoms with Crippen LogP contribution in [0.2, 0.25) is 0 Å². The summed E-state index contributed by atoms with van der Waals surface area (Å²) in [4.78, 5) is 0. The summed E-state index contributed by atoms with van der Waals surface area (Å²) in [6.45, 7) is 2.46. The second kappa shape index (κ2) is 5.76. The van der Waals surface area contributed by atoms with Gasteiger partial charge in [-0.05, 0) is 17.7 Å². The highest BCUT2D eigenvalue weighted by atomic mass is 16.7. The van der Waals surface area contributed by atoms with E-state index >= 15 is 0 Å². The Hall–Kier alpha value is -2.00. The van der Waals surface area contributed by atoms with Gasteiger partial charge in [0.15, 0.2) is 11.5 Å². The third-order valence-corrected chi connectivity index (χ3v) is 3.30. The molecule has 0 unspecified atom stereocenters. The fourth-order valence-corrected chi connectivity index (χ4v) is 2.25. The average Bonchev–Trinajstić information content (AvgIpc) is 2.92. The first-order valence-electron chi connectivity index (χ1n) is 6.66. The van der Waals surface area contributed by atoms with Gasteiger partial charge >= 0.3 is 0 Å². The van der Waals surface area contributed by atoms with Gasteiger partial charge in [0.05, 0.1) is 6.54 Å². The summed E-state index contributed by atoms with van der Waals surface area (Å²) in [5.41, 5.74) is 2.67. The highest BCUT2D eigenvalue weighted by molar-refractivity contribution is 5.44. The Labute approximate surface area is 113 Å². The lowest BCUT2D eigenvalue weighted by molar-refractivity contribution is -0.670. The van der Waals surface area contributed by atoms with E-state index < -0.39 is 0 Å². The molecule has 0 saturated carbocycles. The quantitative estimate of drug-likeness (QED) is 0.827. The van der Waals surface area contributed by atoms with E-state index in [9.17, 15) is 0 Å². The van der Waals surface area contributed by atoms with Gasteiger partial charge in [-0.2, -0.15) is 0 Å². The molecule has 1 aliphatic rings. The fourth-order valence-electron chi connectivity index (χ4n) is 2.25. The molecule has 0 aliphatic carbocycles. The smallest absolute Gasteiger partial charge is 0.231 e. The number of fused-ring (bicyclic) bond motifs is 1. The highest BCUT2D eigenvalue weighted by Crippen LogP contribution is 2.32. The average molecular weight is 256 g/mol. The molecule has 0 aromatic heterocycles. The van der Waals surface area contributed by atoms with Crippen molar-refractivity contribution >= 4 is 0 Å². The van der Waals surface area contributed by atoms with E-state index in [0.717, 1.165) is 31.0 Å². The maximum atomic E-state index is 5.38. The van der Waals surface area contributed by atoms with Crippen molar-refractivity contribution in [2.75, 3.05) is 13.3 Å². The van der Waals surface area contributed by atoms with Crippen LogP contribution in [0.3, 0.4) is 0 Å². The molecular weight excluding hydrogens is 238 g/mol. The van der Waals surface area contributed by atoms with E-state index in [1.165, 1.54) is 11.1 Å². The molecule has 0 radical (unpaired) electrons. The molecule has 98 valence electrons. The van der Waals surface area contributed by atoms with Crippen molar-refractivity contribution in [3.8, 4) is 11.5 Å². The molecule has 0 amide bonds. The number of hydrogen-bond donors (Lipinski definition) is 1. The predicted molar refractivity (Wildman–Crippen MR) is 73.2 cm³/mol. The highest BCUT2D eigenvalue weighted by Gasteiger charge is 2.12.